The number of anilines is 2. The Balaban J connectivity index is 2.54. The zero-order chi connectivity index (χ0) is 19.5. The van der Waals surface area contributed by atoms with Gasteiger partial charge in [0.2, 0.25) is 5.91 Å². The fourth-order valence-corrected chi connectivity index (χ4v) is 4.34. The quantitative estimate of drug-likeness (QED) is 0.475. The van der Waals surface area contributed by atoms with E-state index in [0.29, 0.717) is 15.6 Å². The van der Waals surface area contributed by atoms with E-state index in [1.165, 1.54) is 18.2 Å². The van der Waals surface area contributed by atoms with E-state index in [9.17, 15) is 13.2 Å². The number of carbonyl (C=O) groups excluding carboxylic acids is 1. The maximum Gasteiger partial charge on any atom is 0.250 e. The predicted octanol–water partition coefficient (Wildman–Crippen LogP) is 3.25. The minimum absolute atomic E-state index is 0.0918. The molecule has 0 radical (unpaired) electrons. The Hall–Kier alpha value is -2.22. The largest absolute Gasteiger partial charge is 0.397 e. The second kappa shape index (κ2) is 7.99. The minimum Gasteiger partial charge on any atom is -0.397 e. The summed E-state index contributed by atoms with van der Waals surface area (Å²) in [6.07, 6.45) is 1.23. The van der Waals surface area contributed by atoms with Crippen LogP contribution in [0.5, 0.6) is 0 Å². The molecule has 0 spiro atoms. The van der Waals surface area contributed by atoms with Crippen molar-refractivity contribution in [2.24, 2.45) is 5.73 Å². The molecule has 9 heteroatoms. The van der Waals surface area contributed by atoms with Crippen molar-refractivity contribution in [3.63, 3.8) is 0 Å². The summed E-state index contributed by atoms with van der Waals surface area (Å²) in [5.74, 6) is -1.24. The zero-order valence-corrected chi connectivity index (χ0v) is 16.0. The molecule has 0 fully saturated rings. The van der Waals surface area contributed by atoms with Crippen molar-refractivity contribution in [2.75, 3.05) is 16.8 Å². The Morgan fingerprint density at radius 2 is 1.92 bits per heavy atom. The van der Waals surface area contributed by atoms with Crippen LogP contribution in [0.25, 0.3) is 0 Å². The molecule has 6 nitrogen and oxygen atoms in total. The fourth-order valence-electron chi connectivity index (χ4n) is 2.38. The normalized spacial score (nSPS) is 11.2. The standard InChI is InChI=1S/C17H17Cl2N3O3S/c1-2-7-26(24,25)16-12(17(21)23)5-6-14(20)15(16)22-9-10-3-4-11(18)8-13(10)19/h2-6,8,22H,1,7,9,20H2,(H2,21,23). The van der Waals surface area contributed by atoms with Crippen LogP contribution in [0.1, 0.15) is 15.9 Å². The number of sulfone groups is 1. The molecular formula is C17H17Cl2N3O3S. The van der Waals surface area contributed by atoms with E-state index in [2.05, 4.69) is 11.9 Å². The van der Waals surface area contributed by atoms with Gasteiger partial charge in [0.25, 0.3) is 0 Å². The third-order valence-electron chi connectivity index (χ3n) is 3.57. The van der Waals surface area contributed by atoms with Gasteiger partial charge in [-0.3, -0.25) is 4.79 Å². The Bertz CT molecular complexity index is 975. The van der Waals surface area contributed by atoms with Crippen LogP contribution in [0, 0.1) is 0 Å². The Morgan fingerprint density at radius 1 is 1.23 bits per heavy atom. The van der Waals surface area contributed by atoms with Crippen molar-refractivity contribution in [3.05, 3.63) is 64.2 Å². The molecule has 2 rings (SSSR count). The number of primary amides is 1. The number of hydrogen-bond acceptors (Lipinski definition) is 5. The van der Waals surface area contributed by atoms with E-state index >= 15 is 0 Å². The van der Waals surface area contributed by atoms with Crippen molar-refractivity contribution in [1.29, 1.82) is 0 Å². The molecule has 0 atom stereocenters. The molecule has 0 unspecified atom stereocenters. The topological polar surface area (TPSA) is 115 Å². The first-order valence-corrected chi connectivity index (χ1v) is 9.82. The number of halogens is 2. The third-order valence-corrected chi connectivity index (χ3v) is 5.88. The number of hydrogen-bond donors (Lipinski definition) is 3. The molecular weight excluding hydrogens is 397 g/mol. The molecule has 1 amide bonds. The Labute approximate surface area is 161 Å². The Morgan fingerprint density at radius 3 is 2.50 bits per heavy atom. The molecule has 0 aliphatic carbocycles. The van der Waals surface area contributed by atoms with E-state index in [1.54, 1.807) is 18.2 Å². The predicted molar refractivity (Wildman–Crippen MR) is 105 cm³/mol. The van der Waals surface area contributed by atoms with Gasteiger partial charge in [-0.2, -0.15) is 0 Å². The summed E-state index contributed by atoms with van der Waals surface area (Å²) >= 11 is 12.0. The van der Waals surface area contributed by atoms with Gasteiger partial charge in [-0.25, -0.2) is 8.42 Å². The lowest BCUT2D eigenvalue weighted by Gasteiger charge is -2.17. The highest BCUT2D eigenvalue weighted by molar-refractivity contribution is 7.91. The van der Waals surface area contributed by atoms with Crippen LogP contribution in [0.15, 0.2) is 47.9 Å². The van der Waals surface area contributed by atoms with Gasteiger partial charge in [0.15, 0.2) is 9.84 Å². The van der Waals surface area contributed by atoms with Gasteiger partial charge >= 0.3 is 0 Å². The SMILES string of the molecule is C=CCS(=O)(=O)c1c(C(N)=O)ccc(N)c1NCc1ccc(Cl)cc1Cl. The molecule has 0 aliphatic rings. The van der Waals surface area contributed by atoms with Crippen molar-refractivity contribution in [2.45, 2.75) is 11.4 Å². The number of rotatable bonds is 7. The smallest absolute Gasteiger partial charge is 0.250 e. The number of nitrogens with two attached hydrogens (primary N) is 2. The molecule has 0 bridgehead atoms. The summed E-state index contributed by atoms with van der Waals surface area (Å²) in [5.41, 5.74) is 12.1. The Kier molecular flexibility index (Phi) is 6.17. The molecule has 0 aromatic heterocycles. The lowest BCUT2D eigenvalue weighted by atomic mass is 10.1. The average Bonchev–Trinajstić information content (AvgIpc) is 2.54. The summed E-state index contributed by atoms with van der Waals surface area (Å²) < 4.78 is 25.3. The molecule has 2 aromatic rings. The summed E-state index contributed by atoms with van der Waals surface area (Å²) in [7, 11) is -3.88. The van der Waals surface area contributed by atoms with Gasteiger partial charge in [-0.1, -0.05) is 35.3 Å². The van der Waals surface area contributed by atoms with Crippen molar-refractivity contribution in [3.8, 4) is 0 Å². The van der Waals surface area contributed by atoms with Crippen LogP contribution in [-0.4, -0.2) is 20.1 Å². The van der Waals surface area contributed by atoms with Gasteiger partial charge in [-0.15, -0.1) is 6.58 Å². The van der Waals surface area contributed by atoms with Crippen molar-refractivity contribution >= 4 is 50.3 Å². The van der Waals surface area contributed by atoms with Crippen LogP contribution in [-0.2, 0) is 16.4 Å². The van der Waals surface area contributed by atoms with Crippen LogP contribution in [0.2, 0.25) is 10.0 Å². The van der Waals surface area contributed by atoms with Gasteiger partial charge < -0.3 is 16.8 Å². The van der Waals surface area contributed by atoms with Crippen LogP contribution in [0.4, 0.5) is 11.4 Å². The van der Waals surface area contributed by atoms with E-state index in [4.69, 9.17) is 34.7 Å². The maximum absolute atomic E-state index is 12.6. The minimum atomic E-state index is -3.88. The van der Waals surface area contributed by atoms with Crippen LogP contribution in [0.3, 0.4) is 0 Å². The molecule has 0 saturated heterocycles. The van der Waals surface area contributed by atoms with E-state index in [0.717, 1.165) is 0 Å². The van der Waals surface area contributed by atoms with Gasteiger partial charge in [0.05, 0.1) is 22.7 Å². The molecule has 0 saturated carbocycles. The second-order valence-electron chi connectivity index (χ2n) is 5.43. The van der Waals surface area contributed by atoms with E-state index in [-0.39, 0.29) is 34.1 Å². The molecule has 2 aromatic carbocycles. The maximum atomic E-state index is 12.6. The summed E-state index contributed by atoms with van der Waals surface area (Å²) in [6, 6.07) is 7.62. The summed E-state index contributed by atoms with van der Waals surface area (Å²) in [4.78, 5) is 11.5. The number of carbonyl (C=O) groups is 1. The highest BCUT2D eigenvalue weighted by Crippen LogP contribution is 2.33. The highest BCUT2D eigenvalue weighted by Gasteiger charge is 2.26. The van der Waals surface area contributed by atoms with Gasteiger partial charge in [0.1, 0.15) is 4.90 Å². The molecule has 5 N–H and O–H groups in total. The number of nitrogen functional groups attached to an aromatic ring is 1. The van der Waals surface area contributed by atoms with E-state index in [1.807, 2.05) is 0 Å². The third kappa shape index (κ3) is 4.30. The summed E-state index contributed by atoms with van der Waals surface area (Å²) in [5, 5.41) is 3.83. The lowest BCUT2D eigenvalue weighted by Crippen LogP contribution is -2.20. The number of amides is 1. The van der Waals surface area contributed by atoms with Crippen LogP contribution < -0.4 is 16.8 Å². The highest BCUT2D eigenvalue weighted by atomic mass is 35.5. The molecule has 138 valence electrons. The monoisotopic (exact) mass is 413 g/mol. The number of nitrogens with one attached hydrogen (secondary N) is 1. The van der Waals surface area contributed by atoms with Crippen molar-refractivity contribution < 1.29 is 13.2 Å². The van der Waals surface area contributed by atoms with Gasteiger partial charge in [-0.05, 0) is 29.8 Å². The first kappa shape index (κ1) is 20.1. The molecule has 0 heterocycles. The van der Waals surface area contributed by atoms with Crippen LogP contribution >= 0.6 is 23.2 Å². The van der Waals surface area contributed by atoms with Gasteiger partial charge in [0, 0.05) is 16.6 Å². The number of benzene rings is 2. The molecule has 26 heavy (non-hydrogen) atoms. The first-order chi connectivity index (χ1) is 12.2. The fraction of sp³-hybridized carbons (Fsp3) is 0.118. The summed E-state index contributed by atoms with van der Waals surface area (Å²) in [6.45, 7) is 3.60. The second-order valence-corrected chi connectivity index (χ2v) is 8.24. The first-order valence-electron chi connectivity index (χ1n) is 7.41. The lowest BCUT2D eigenvalue weighted by molar-refractivity contribution is 0.0997. The average molecular weight is 414 g/mol. The zero-order valence-electron chi connectivity index (χ0n) is 13.6. The van der Waals surface area contributed by atoms with Crippen molar-refractivity contribution in [1.82, 2.24) is 0 Å². The van der Waals surface area contributed by atoms with E-state index < -0.39 is 15.7 Å². The molecule has 0 aliphatic heterocycles.